The highest BCUT2D eigenvalue weighted by Gasteiger charge is 2.29. The van der Waals surface area contributed by atoms with Crippen LogP contribution in [0.25, 0.3) is 0 Å². The van der Waals surface area contributed by atoms with Gasteiger partial charge in [-0.15, -0.1) is 0 Å². The van der Waals surface area contributed by atoms with Crippen molar-refractivity contribution in [2.45, 2.75) is 6.42 Å². The topological polar surface area (TPSA) is 45.2 Å². The molecule has 2 aliphatic heterocycles. The Balaban J connectivity index is 1.37. The van der Waals surface area contributed by atoms with Crippen LogP contribution in [-0.2, 0) is 6.42 Å². The largest absolute Gasteiger partial charge is 0.495 e. The average molecular weight is 444 g/mol. The molecule has 0 aromatic heterocycles. The highest BCUT2D eigenvalue weighted by Crippen LogP contribution is 2.40. The molecule has 0 spiro atoms. The van der Waals surface area contributed by atoms with Crippen LogP contribution >= 0.6 is 0 Å². The average Bonchev–Trinajstić information content (AvgIpc) is 3.27. The number of carbonyl (C=O) groups is 1. The van der Waals surface area contributed by atoms with E-state index >= 15 is 0 Å². The van der Waals surface area contributed by atoms with Crippen LogP contribution in [-0.4, -0.2) is 57.7 Å². The minimum Gasteiger partial charge on any atom is -0.495 e. The zero-order chi connectivity index (χ0) is 22.8. The van der Waals surface area contributed by atoms with Crippen LogP contribution < -0.4 is 19.3 Å². The molecule has 6 nitrogen and oxygen atoms in total. The van der Waals surface area contributed by atoms with Gasteiger partial charge in [0.15, 0.2) is 0 Å². The van der Waals surface area contributed by atoms with Crippen molar-refractivity contribution in [1.82, 2.24) is 4.90 Å². The molecule has 170 valence electrons. The van der Waals surface area contributed by atoms with Crippen LogP contribution in [0.4, 0.5) is 11.4 Å². The van der Waals surface area contributed by atoms with Crippen LogP contribution in [0.3, 0.4) is 0 Å². The number of nitrogens with zero attached hydrogens (tertiary/aromatic N) is 3. The van der Waals surface area contributed by atoms with E-state index in [1.165, 1.54) is 0 Å². The third-order valence-corrected chi connectivity index (χ3v) is 6.44. The highest BCUT2D eigenvalue weighted by molar-refractivity contribution is 6.07. The van der Waals surface area contributed by atoms with Gasteiger partial charge in [0, 0.05) is 44.0 Å². The van der Waals surface area contributed by atoms with E-state index in [4.69, 9.17) is 9.47 Å². The summed E-state index contributed by atoms with van der Waals surface area (Å²) in [5.74, 6) is 2.38. The molecule has 1 fully saturated rings. The molecule has 1 amide bonds. The number of fused-ring (bicyclic) bond motifs is 1. The van der Waals surface area contributed by atoms with Gasteiger partial charge in [-0.3, -0.25) is 4.79 Å². The van der Waals surface area contributed by atoms with Crippen molar-refractivity contribution in [2.75, 3.05) is 56.7 Å². The van der Waals surface area contributed by atoms with Gasteiger partial charge in [-0.25, -0.2) is 0 Å². The Hall–Kier alpha value is -3.51. The SMILES string of the molecule is COc1cc2c(cc1N1CCN(C)CC1)N(C(=O)c1ccc(Oc3ccccc3)cc1)CC2. The second kappa shape index (κ2) is 9.16. The minimum absolute atomic E-state index is 0.00880. The zero-order valence-corrected chi connectivity index (χ0v) is 19.2. The smallest absolute Gasteiger partial charge is 0.258 e. The Bertz CT molecular complexity index is 1120. The van der Waals surface area contributed by atoms with Crippen molar-refractivity contribution in [3.63, 3.8) is 0 Å². The minimum atomic E-state index is 0.00880. The molecule has 3 aromatic carbocycles. The summed E-state index contributed by atoms with van der Waals surface area (Å²) in [7, 11) is 3.87. The number of methoxy groups -OCH3 is 1. The quantitative estimate of drug-likeness (QED) is 0.583. The summed E-state index contributed by atoms with van der Waals surface area (Å²) in [6.07, 6.45) is 0.829. The van der Waals surface area contributed by atoms with E-state index in [-0.39, 0.29) is 5.91 Å². The number of anilines is 2. The van der Waals surface area contributed by atoms with E-state index in [0.717, 1.165) is 61.0 Å². The maximum absolute atomic E-state index is 13.4. The van der Waals surface area contributed by atoms with E-state index in [2.05, 4.69) is 29.0 Å². The predicted molar refractivity (Wildman–Crippen MR) is 131 cm³/mol. The van der Waals surface area contributed by atoms with Crippen molar-refractivity contribution in [1.29, 1.82) is 0 Å². The number of benzene rings is 3. The van der Waals surface area contributed by atoms with Gasteiger partial charge < -0.3 is 24.2 Å². The number of carbonyl (C=O) groups excluding carboxylic acids is 1. The number of para-hydroxylation sites is 1. The van der Waals surface area contributed by atoms with Crippen LogP contribution in [0.15, 0.2) is 66.7 Å². The number of hydrogen-bond donors (Lipinski definition) is 0. The number of hydrogen-bond acceptors (Lipinski definition) is 5. The van der Waals surface area contributed by atoms with Crippen molar-refractivity contribution < 1.29 is 14.3 Å². The predicted octanol–water partition coefficient (Wildman–Crippen LogP) is 4.44. The van der Waals surface area contributed by atoms with Gasteiger partial charge in [-0.1, -0.05) is 18.2 Å². The van der Waals surface area contributed by atoms with Gasteiger partial charge in [0.2, 0.25) is 0 Å². The first kappa shape index (κ1) is 21.3. The van der Waals surface area contributed by atoms with Gasteiger partial charge in [0.25, 0.3) is 5.91 Å². The molecule has 2 heterocycles. The number of ether oxygens (including phenoxy) is 2. The maximum Gasteiger partial charge on any atom is 0.258 e. The lowest BCUT2D eigenvalue weighted by Crippen LogP contribution is -2.44. The van der Waals surface area contributed by atoms with Crippen molar-refractivity contribution in [3.8, 4) is 17.2 Å². The Morgan fingerprint density at radius 2 is 1.52 bits per heavy atom. The van der Waals surface area contributed by atoms with Crippen LogP contribution in [0.1, 0.15) is 15.9 Å². The molecule has 0 unspecified atom stereocenters. The lowest BCUT2D eigenvalue weighted by molar-refractivity contribution is 0.0989. The standard InChI is InChI=1S/C27H29N3O3/c1-28-14-16-29(17-15-28)25-19-24-21(18-26(25)32-2)12-13-30(24)27(31)20-8-10-23(11-9-20)33-22-6-4-3-5-7-22/h3-11,18-19H,12-17H2,1-2H3. The Morgan fingerprint density at radius 3 is 2.21 bits per heavy atom. The Labute approximate surface area is 194 Å². The van der Waals surface area contributed by atoms with Gasteiger partial charge in [-0.2, -0.15) is 0 Å². The summed E-state index contributed by atoms with van der Waals surface area (Å²) in [6.45, 7) is 4.59. The van der Waals surface area contributed by atoms with E-state index in [0.29, 0.717) is 17.9 Å². The van der Waals surface area contributed by atoms with Crippen LogP contribution in [0.2, 0.25) is 0 Å². The molecule has 1 saturated heterocycles. The third kappa shape index (κ3) is 4.39. The molecule has 0 N–H and O–H groups in total. The second-order valence-electron chi connectivity index (χ2n) is 8.59. The zero-order valence-electron chi connectivity index (χ0n) is 19.2. The van der Waals surface area contributed by atoms with Crippen LogP contribution in [0, 0.1) is 0 Å². The van der Waals surface area contributed by atoms with E-state index in [9.17, 15) is 4.79 Å². The molecule has 33 heavy (non-hydrogen) atoms. The highest BCUT2D eigenvalue weighted by atomic mass is 16.5. The normalized spacial score (nSPS) is 15.9. The first-order valence-corrected chi connectivity index (χ1v) is 11.4. The molecule has 3 aromatic rings. The van der Waals surface area contributed by atoms with E-state index in [1.54, 1.807) is 7.11 Å². The van der Waals surface area contributed by atoms with Crippen molar-refractivity contribution >= 4 is 17.3 Å². The molecule has 0 aliphatic carbocycles. The van der Waals surface area contributed by atoms with Crippen molar-refractivity contribution in [2.24, 2.45) is 0 Å². The number of piperazine rings is 1. The summed E-state index contributed by atoms with van der Waals surface area (Å²) in [5, 5.41) is 0. The molecular formula is C27H29N3O3. The number of likely N-dealkylation sites (N-methyl/N-ethyl adjacent to an activating group) is 1. The summed E-state index contributed by atoms with van der Waals surface area (Å²) in [6, 6.07) is 21.2. The van der Waals surface area contributed by atoms with Gasteiger partial charge in [0.05, 0.1) is 12.8 Å². The molecule has 0 saturated carbocycles. The molecule has 0 bridgehead atoms. The van der Waals surface area contributed by atoms with E-state index in [1.807, 2.05) is 59.5 Å². The molecule has 2 aliphatic rings. The summed E-state index contributed by atoms with van der Waals surface area (Å²) in [4.78, 5) is 20.0. The monoisotopic (exact) mass is 443 g/mol. The lowest BCUT2D eigenvalue weighted by Gasteiger charge is -2.35. The number of amides is 1. The first-order valence-electron chi connectivity index (χ1n) is 11.4. The fourth-order valence-electron chi connectivity index (χ4n) is 4.52. The van der Waals surface area contributed by atoms with Crippen LogP contribution in [0.5, 0.6) is 17.2 Å². The molecule has 5 rings (SSSR count). The van der Waals surface area contributed by atoms with Gasteiger partial charge in [0.1, 0.15) is 17.2 Å². The molecule has 0 radical (unpaired) electrons. The first-order chi connectivity index (χ1) is 16.1. The molecular weight excluding hydrogens is 414 g/mol. The van der Waals surface area contributed by atoms with Gasteiger partial charge >= 0.3 is 0 Å². The van der Waals surface area contributed by atoms with Gasteiger partial charge in [-0.05, 0) is 67.6 Å². The Morgan fingerprint density at radius 1 is 0.818 bits per heavy atom. The summed E-state index contributed by atoms with van der Waals surface area (Å²) in [5.41, 5.74) is 3.86. The summed E-state index contributed by atoms with van der Waals surface area (Å²) < 4.78 is 11.6. The molecule has 6 heteroatoms. The second-order valence-corrected chi connectivity index (χ2v) is 8.59. The molecule has 0 atom stereocenters. The number of rotatable bonds is 5. The third-order valence-electron chi connectivity index (χ3n) is 6.44. The van der Waals surface area contributed by atoms with Crippen molar-refractivity contribution in [3.05, 3.63) is 77.9 Å². The van der Waals surface area contributed by atoms with E-state index < -0.39 is 0 Å². The summed E-state index contributed by atoms with van der Waals surface area (Å²) >= 11 is 0. The maximum atomic E-state index is 13.4. The fraction of sp³-hybridized carbons (Fsp3) is 0.296. The fourth-order valence-corrected chi connectivity index (χ4v) is 4.52. The Kier molecular flexibility index (Phi) is 5.92. The lowest BCUT2D eigenvalue weighted by atomic mass is 10.1.